The molecule has 0 saturated heterocycles. The molecule has 0 fully saturated rings. The highest BCUT2D eigenvalue weighted by atomic mass is 16.3. The Morgan fingerprint density at radius 1 is 0.688 bits per heavy atom. The van der Waals surface area contributed by atoms with Gasteiger partial charge in [0.2, 0.25) is 23.7 Å². The number of carbonyl (C=O) groups is 4. The first kappa shape index (κ1) is 23.8. The maximum atomic E-state index is 12.3. The standard InChI is InChI=1S/C22H14N2O8/c1-12(17(27)21(31)19(29)13-2-6-15(7-3-13)23-10-25)18(28)22(32)20(30)14-4-8-16(9-5-14)24-11-26/h2-9,21-22,31-32H,1H2. The molecule has 0 radical (unpaired) electrons. The highest BCUT2D eigenvalue weighted by Gasteiger charge is 2.34. The lowest BCUT2D eigenvalue weighted by molar-refractivity contribution is -0.127. The van der Waals surface area contributed by atoms with Gasteiger partial charge in [-0.25, -0.2) is 9.59 Å². The predicted octanol–water partition coefficient (Wildman–Crippen LogP) is 1.10. The molecule has 2 unspecified atom stereocenters. The summed E-state index contributed by atoms with van der Waals surface area (Å²) in [5, 5.41) is 20.1. The lowest BCUT2D eigenvalue weighted by Crippen LogP contribution is -2.38. The maximum Gasteiger partial charge on any atom is 0.240 e. The number of Topliss-reactive ketones (excluding diaryl/α,β-unsaturated/α-hetero) is 4. The van der Waals surface area contributed by atoms with E-state index >= 15 is 0 Å². The fourth-order valence-electron chi connectivity index (χ4n) is 2.51. The average molecular weight is 434 g/mol. The zero-order valence-electron chi connectivity index (χ0n) is 16.2. The van der Waals surface area contributed by atoms with Crippen LogP contribution in [0.25, 0.3) is 0 Å². The topological polar surface area (TPSA) is 168 Å². The van der Waals surface area contributed by atoms with Crippen molar-refractivity contribution in [2.24, 2.45) is 9.98 Å². The first-order chi connectivity index (χ1) is 15.2. The van der Waals surface area contributed by atoms with Crippen molar-refractivity contribution in [2.45, 2.75) is 12.2 Å². The number of nitrogens with zero attached hydrogens (tertiary/aromatic N) is 2. The molecule has 10 nitrogen and oxygen atoms in total. The van der Waals surface area contributed by atoms with Crippen molar-refractivity contribution in [3.63, 3.8) is 0 Å². The van der Waals surface area contributed by atoms with Crippen LogP contribution in [0, 0.1) is 0 Å². The lowest BCUT2D eigenvalue weighted by Gasteiger charge is -2.13. The van der Waals surface area contributed by atoms with Gasteiger partial charge in [0, 0.05) is 11.1 Å². The van der Waals surface area contributed by atoms with Gasteiger partial charge in [-0.05, 0) is 48.5 Å². The van der Waals surface area contributed by atoms with Crippen LogP contribution in [0.3, 0.4) is 0 Å². The molecule has 0 bridgehead atoms. The van der Waals surface area contributed by atoms with Crippen LogP contribution in [0.2, 0.25) is 0 Å². The zero-order valence-corrected chi connectivity index (χ0v) is 16.2. The number of aliphatic imine (C=N–C) groups is 2. The van der Waals surface area contributed by atoms with Crippen LogP contribution in [-0.2, 0) is 19.2 Å². The number of carbonyl (C=O) groups excluding carboxylic acids is 6. The van der Waals surface area contributed by atoms with Gasteiger partial charge in [0.1, 0.15) is 0 Å². The smallest absolute Gasteiger partial charge is 0.240 e. The largest absolute Gasteiger partial charge is 0.377 e. The van der Waals surface area contributed by atoms with Crippen molar-refractivity contribution in [1.29, 1.82) is 0 Å². The Labute approximate surface area is 180 Å². The summed E-state index contributed by atoms with van der Waals surface area (Å²) in [6.45, 7) is 3.19. The minimum absolute atomic E-state index is 0.120. The van der Waals surface area contributed by atoms with Crippen LogP contribution in [0.5, 0.6) is 0 Å². The summed E-state index contributed by atoms with van der Waals surface area (Å²) in [5.41, 5.74) is -0.818. The molecule has 2 aromatic carbocycles. The molecule has 2 rings (SSSR count). The number of benzene rings is 2. The number of aliphatic hydroxyl groups is 2. The van der Waals surface area contributed by atoms with Crippen molar-refractivity contribution >= 4 is 46.7 Å². The summed E-state index contributed by atoms with van der Waals surface area (Å²) in [5.74, 6) is -4.93. The number of hydrogen-bond donors (Lipinski definition) is 2. The summed E-state index contributed by atoms with van der Waals surface area (Å²) >= 11 is 0. The number of isocyanates is 2. The van der Waals surface area contributed by atoms with Gasteiger partial charge < -0.3 is 10.2 Å². The first-order valence-electron chi connectivity index (χ1n) is 8.79. The normalized spacial score (nSPS) is 11.8. The van der Waals surface area contributed by atoms with Crippen molar-refractivity contribution in [1.82, 2.24) is 0 Å². The molecule has 10 heteroatoms. The van der Waals surface area contributed by atoms with Crippen LogP contribution in [0.1, 0.15) is 20.7 Å². The first-order valence-corrected chi connectivity index (χ1v) is 8.79. The molecule has 2 atom stereocenters. The van der Waals surface area contributed by atoms with E-state index in [4.69, 9.17) is 0 Å². The molecule has 0 spiro atoms. The van der Waals surface area contributed by atoms with Gasteiger partial charge in [-0.3, -0.25) is 19.2 Å². The minimum atomic E-state index is -2.31. The maximum absolute atomic E-state index is 12.3. The molecule has 32 heavy (non-hydrogen) atoms. The highest BCUT2D eigenvalue weighted by molar-refractivity contribution is 6.32. The Kier molecular flexibility index (Phi) is 7.84. The van der Waals surface area contributed by atoms with Gasteiger partial charge in [0.25, 0.3) is 0 Å². The summed E-state index contributed by atoms with van der Waals surface area (Å²) in [7, 11) is 0. The Morgan fingerprint density at radius 3 is 1.28 bits per heavy atom. The molecule has 2 aromatic rings. The van der Waals surface area contributed by atoms with E-state index in [-0.39, 0.29) is 22.5 Å². The number of aliphatic hydroxyl groups excluding tert-OH is 2. The van der Waals surface area contributed by atoms with Crippen molar-refractivity contribution in [3.8, 4) is 0 Å². The molecule has 0 heterocycles. The van der Waals surface area contributed by atoms with Gasteiger partial charge in [0.15, 0.2) is 23.8 Å². The van der Waals surface area contributed by atoms with E-state index in [2.05, 4.69) is 16.6 Å². The van der Waals surface area contributed by atoms with Crippen LogP contribution in [0.15, 0.2) is 70.7 Å². The highest BCUT2D eigenvalue weighted by Crippen LogP contribution is 2.17. The molecule has 160 valence electrons. The molecule has 2 N–H and O–H groups in total. The SMILES string of the molecule is C=C(C(=O)C(O)C(=O)c1ccc(N=C=O)cc1)C(=O)C(O)C(=O)c1ccc(N=C=O)cc1. The van der Waals surface area contributed by atoms with Crippen molar-refractivity contribution < 1.29 is 39.0 Å². The molecule has 0 aliphatic carbocycles. The third-order valence-corrected chi connectivity index (χ3v) is 4.24. The van der Waals surface area contributed by atoms with Crippen molar-refractivity contribution in [3.05, 3.63) is 71.8 Å². The Balaban J connectivity index is 2.12. The molecular formula is C22H14N2O8. The van der Waals surface area contributed by atoms with E-state index in [0.29, 0.717) is 0 Å². The average Bonchev–Trinajstić information content (AvgIpc) is 2.82. The minimum Gasteiger partial charge on any atom is -0.377 e. The second-order valence-corrected chi connectivity index (χ2v) is 6.24. The summed E-state index contributed by atoms with van der Waals surface area (Å²) in [6, 6.07) is 9.83. The quantitative estimate of drug-likeness (QED) is 0.140. The van der Waals surface area contributed by atoms with E-state index in [1.807, 2.05) is 0 Å². The molecule has 0 amide bonds. The second kappa shape index (κ2) is 10.5. The fourth-order valence-corrected chi connectivity index (χ4v) is 2.51. The molecule has 0 saturated carbocycles. The second-order valence-electron chi connectivity index (χ2n) is 6.24. The van der Waals surface area contributed by atoms with Crippen LogP contribution in [0.4, 0.5) is 11.4 Å². The summed E-state index contributed by atoms with van der Waals surface area (Å²) in [4.78, 5) is 76.3. The monoisotopic (exact) mass is 434 g/mol. The van der Waals surface area contributed by atoms with Crippen LogP contribution < -0.4 is 0 Å². The zero-order chi connectivity index (χ0) is 23.8. The van der Waals surface area contributed by atoms with Crippen LogP contribution >= 0.6 is 0 Å². The molecule has 0 aliphatic rings. The van der Waals surface area contributed by atoms with Crippen LogP contribution in [-0.4, -0.2) is 57.7 Å². The molecule has 0 aliphatic heterocycles. The Bertz CT molecular complexity index is 1090. The van der Waals surface area contributed by atoms with E-state index in [9.17, 15) is 39.0 Å². The number of hydrogen-bond acceptors (Lipinski definition) is 10. The Hall–Kier alpha value is -4.46. The van der Waals surface area contributed by atoms with Gasteiger partial charge >= 0.3 is 0 Å². The fraction of sp³-hybridized carbons (Fsp3) is 0.0909. The summed E-state index contributed by atoms with van der Waals surface area (Å²) < 4.78 is 0. The summed E-state index contributed by atoms with van der Waals surface area (Å²) in [6.07, 6.45) is -2.01. The van der Waals surface area contributed by atoms with Crippen molar-refractivity contribution in [2.75, 3.05) is 0 Å². The molecule has 0 aromatic heterocycles. The lowest BCUT2D eigenvalue weighted by atomic mass is 9.93. The van der Waals surface area contributed by atoms with Gasteiger partial charge in [0.05, 0.1) is 16.9 Å². The van der Waals surface area contributed by atoms with Gasteiger partial charge in [-0.2, -0.15) is 9.98 Å². The Morgan fingerprint density at radius 2 is 1.00 bits per heavy atom. The third kappa shape index (κ3) is 5.37. The van der Waals surface area contributed by atoms with Gasteiger partial charge in [-0.1, -0.05) is 6.58 Å². The molecular weight excluding hydrogens is 420 g/mol. The van der Waals surface area contributed by atoms with E-state index in [0.717, 1.165) is 0 Å². The third-order valence-electron chi connectivity index (χ3n) is 4.24. The number of ketones is 4. The van der Waals surface area contributed by atoms with E-state index in [1.54, 1.807) is 0 Å². The van der Waals surface area contributed by atoms with E-state index in [1.165, 1.54) is 60.7 Å². The van der Waals surface area contributed by atoms with E-state index < -0.39 is 40.9 Å². The predicted molar refractivity (Wildman–Crippen MR) is 108 cm³/mol. The number of rotatable bonds is 10. The van der Waals surface area contributed by atoms with Gasteiger partial charge in [-0.15, -0.1) is 0 Å².